The van der Waals surface area contributed by atoms with Gasteiger partial charge in [-0.1, -0.05) is 30.3 Å². The fourth-order valence-corrected chi connectivity index (χ4v) is 2.08. The number of hydrogen-bond donors (Lipinski definition) is 2. The highest BCUT2D eigenvalue weighted by molar-refractivity contribution is 5.85. The maximum Gasteiger partial charge on any atom is 0.161 e. The number of halogens is 1. The molecule has 5 heteroatoms. The third-order valence-corrected chi connectivity index (χ3v) is 2.94. The molecule has 1 aromatic heterocycles. The summed E-state index contributed by atoms with van der Waals surface area (Å²) in [5.41, 5.74) is 1.08. The molecule has 17 heavy (non-hydrogen) atoms. The molecule has 0 aliphatic carbocycles. The second kappa shape index (κ2) is 5.29. The third kappa shape index (κ3) is 2.48. The summed E-state index contributed by atoms with van der Waals surface area (Å²) >= 11 is 0. The summed E-state index contributed by atoms with van der Waals surface area (Å²) in [5.74, 6) is 1.81. The topological polar surface area (TPSA) is 53.6 Å². The lowest BCUT2D eigenvalue weighted by Gasteiger charge is -2.03. The van der Waals surface area contributed by atoms with E-state index in [1.807, 2.05) is 30.3 Å². The average molecular weight is 251 g/mol. The van der Waals surface area contributed by atoms with Crippen LogP contribution in [0.25, 0.3) is 11.4 Å². The molecule has 1 unspecified atom stereocenters. The van der Waals surface area contributed by atoms with Gasteiger partial charge in [0.2, 0.25) is 0 Å². The summed E-state index contributed by atoms with van der Waals surface area (Å²) in [6, 6.07) is 10.4. The van der Waals surface area contributed by atoms with Crippen LogP contribution in [0.15, 0.2) is 30.3 Å². The number of aromatic amines is 1. The largest absolute Gasteiger partial charge is 0.324 e. The van der Waals surface area contributed by atoms with Crippen molar-refractivity contribution in [2.75, 3.05) is 6.54 Å². The Bertz CT molecular complexity index is 462. The second-order valence-corrected chi connectivity index (χ2v) is 4.07. The number of H-pyrrole nitrogens is 1. The fraction of sp³-hybridized carbons (Fsp3) is 0.333. The minimum absolute atomic E-state index is 0. The molecule has 90 valence electrons. The zero-order valence-electron chi connectivity index (χ0n) is 9.39. The number of benzene rings is 1. The van der Waals surface area contributed by atoms with Crippen molar-refractivity contribution in [3.63, 3.8) is 0 Å². The molecular weight excluding hydrogens is 236 g/mol. The Kier molecular flexibility index (Phi) is 3.76. The van der Waals surface area contributed by atoms with E-state index in [4.69, 9.17) is 0 Å². The van der Waals surface area contributed by atoms with E-state index in [0.29, 0.717) is 6.04 Å². The number of nitrogens with one attached hydrogen (secondary N) is 2. The zero-order chi connectivity index (χ0) is 10.8. The van der Waals surface area contributed by atoms with Gasteiger partial charge in [-0.3, -0.25) is 0 Å². The molecule has 0 radical (unpaired) electrons. The SMILES string of the molecule is Cl.c1ccc(-c2nnc(C3CCCN3)[nH]2)cc1. The van der Waals surface area contributed by atoms with Gasteiger partial charge in [0.25, 0.3) is 0 Å². The van der Waals surface area contributed by atoms with Crippen molar-refractivity contribution in [1.82, 2.24) is 20.5 Å². The Labute approximate surface area is 106 Å². The quantitative estimate of drug-likeness (QED) is 0.860. The Balaban J connectivity index is 0.00000108. The lowest BCUT2D eigenvalue weighted by atomic mass is 10.2. The Morgan fingerprint density at radius 3 is 2.65 bits per heavy atom. The first-order valence-electron chi connectivity index (χ1n) is 5.65. The maximum atomic E-state index is 4.21. The highest BCUT2D eigenvalue weighted by atomic mass is 35.5. The van der Waals surface area contributed by atoms with E-state index in [0.717, 1.165) is 30.2 Å². The van der Waals surface area contributed by atoms with Gasteiger partial charge in [-0.15, -0.1) is 22.6 Å². The summed E-state index contributed by atoms with van der Waals surface area (Å²) in [6.07, 6.45) is 2.36. The van der Waals surface area contributed by atoms with Crippen LogP contribution in [0.1, 0.15) is 24.7 Å². The van der Waals surface area contributed by atoms with E-state index in [1.165, 1.54) is 6.42 Å². The predicted molar refractivity (Wildman–Crippen MR) is 69.0 cm³/mol. The van der Waals surface area contributed by atoms with Crippen LogP contribution in [0, 0.1) is 0 Å². The fourth-order valence-electron chi connectivity index (χ4n) is 2.08. The highest BCUT2D eigenvalue weighted by Gasteiger charge is 2.19. The number of rotatable bonds is 2. The van der Waals surface area contributed by atoms with Crippen molar-refractivity contribution < 1.29 is 0 Å². The van der Waals surface area contributed by atoms with Crippen molar-refractivity contribution in [2.24, 2.45) is 0 Å². The maximum absolute atomic E-state index is 4.21. The van der Waals surface area contributed by atoms with E-state index in [2.05, 4.69) is 20.5 Å². The monoisotopic (exact) mass is 250 g/mol. The van der Waals surface area contributed by atoms with Gasteiger partial charge in [-0.2, -0.15) is 0 Å². The lowest BCUT2D eigenvalue weighted by molar-refractivity contribution is 0.608. The van der Waals surface area contributed by atoms with Gasteiger partial charge < -0.3 is 10.3 Å². The Morgan fingerprint density at radius 2 is 1.94 bits per heavy atom. The molecule has 0 bridgehead atoms. The van der Waals surface area contributed by atoms with Gasteiger partial charge in [-0.05, 0) is 19.4 Å². The lowest BCUT2D eigenvalue weighted by Crippen LogP contribution is -2.14. The Hall–Kier alpha value is -1.39. The van der Waals surface area contributed by atoms with Crippen LogP contribution in [0.5, 0.6) is 0 Å². The average Bonchev–Trinajstić information content (AvgIpc) is 3.01. The molecule has 1 aliphatic heterocycles. The van der Waals surface area contributed by atoms with E-state index in [-0.39, 0.29) is 12.4 Å². The predicted octanol–water partition coefficient (Wildman–Crippen LogP) is 2.32. The van der Waals surface area contributed by atoms with Gasteiger partial charge in [-0.25, -0.2) is 0 Å². The standard InChI is InChI=1S/C12H14N4.ClH/c1-2-5-9(6-3-1)11-14-12(16-15-11)10-7-4-8-13-10;/h1-3,5-6,10,13H,4,7-8H2,(H,14,15,16);1H. The number of hydrogen-bond acceptors (Lipinski definition) is 3. The van der Waals surface area contributed by atoms with Crippen LogP contribution in [-0.4, -0.2) is 21.7 Å². The Morgan fingerprint density at radius 1 is 1.12 bits per heavy atom. The first kappa shape index (κ1) is 12.1. The summed E-state index contributed by atoms with van der Waals surface area (Å²) in [5, 5.41) is 11.8. The third-order valence-electron chi connectivity index (χ3n) is 2.94. The van der Waals surface area contributed by atoms with Crippen molar-refractivity contribution >= 4 is 12.4 Å². The van der Waals surface area contributed by atoms with Crippen LogP contribution < -0.4 is 5.32 Å². The molecule has 4 nitrogen and oxygen atoms in total. The second-order valence-electron chi connectivity index (χ2n) is 4.07. The molecule has 1 aliphatic rings. The molecule has 1 saturated heterocycles. The van der Waals surface area contributed by atoms with E-state index in [1.54, 1.807) is 0 Å². The van der Waals surface area contributed by atoms with Crippen LogP contribution in [-0.2, 0) is 0 Å². The normalized spacial score (nSPS) is 18.9. The van der Waals surface area contributed by atoms with Gasteiger partial charge >= 0.3 is 0 Å². The summed E-state index contributed by atoms with van der Waals surface area (Å²) in [6.45, 7) is 1.08. The van der Waals surface area contributed by atoms with Crippen molar-refractivity contribution in [1.29, 1.82) is 0 Å². The summed E-state index contributed by atoms with van der Waals surface area (Å²) in [7, 11) is 0. The van der Waals surface area contributed by atoms with Gasteiger partial charge in [0, 0.05) is 5.56 Å². The number of nitrogens with zero attached hydrogens (tertiary/aromatic N) is 2. The summed E-state index contributed by atoms with van der Waals surface area (Å²) < 4.78 is 0. The van der Waals surface area contributed by atoms with Crippen LogP contribution in [0.4, 0.5) is 0 Å². The van der Waals surface area contributed by atoms with E-state index < -0.39 is 0 Å². The number of aromatic nitrogens is 3. The highest BCUT2D eigenvalue weighted by Crippen LogP contribution is 2.22. The molecule has 1 aromatic carbocycles. The van der Waals surface area contributed by atoms with Crippen LogP contribution in [0.2, 0.25) is 0 Å². The van der Waals surface area contributed by atoms with Gasteiger partial charge in [0.1, 0.15) is 5.82 Å². The minimum Gasteiger partial charge on any atom is -0.324 e. The molecule has 2 heterocycles. The molecule has 3 rings (SSSR count). The summed E-state index contributed by atoms with van der Waals surface area (Å²) in [4.78, 5) is 3.29. The minimum atomic E-state index is 0. The molecule has 0 amide bonds. The van der Waals surface area contributed by atoms with Crippen molar-refractivity contribution in [3.8, 4) is 11.4 Å². The van der Waals surface area contributed by atoms with Gasteiger partial charge in [0.05, 0.1) is 6.04 Å². The molecule has 2 aromatic rings. The van der Waals surface area contributed by atoms with Crippen LogP contribution >= 0.6 is 12.4 Å². The smallest absolute Gasteiger partial charge is 0.161 e. The molecule has 1 atom stereocenters. The molecule has 1 fully saturated rings. The van der Waals surface area contributed by atoms with Crippen molar-refractivity contribution in [2.45, 2.75) is 18.9 Å². The van der Waals surface area contributed by atoms with Crippen LogP contribution in [0.3, 0.4) is 0 Å². The molecule has 0 saturated carbocycles. The van der Waals surface area contributed by atoms with Gasteiger partial charge in [0.15, 0.2) is 5.82 Å². The molecule has 2 N–H and O–H groups in total. The molecular formula is C12H15ClN4. The van der Waals surface area contributed by atoms with E-state index in [9.17, 15) is 0 Å². The van der Waals surface area contributed by atoms with E-state index >= 15 is 0 Å². The van der Waals surface area contributed by atoms with Crippen molar-refractivity contribution in [3.05, 3.63) is 36.2 Å². The first-order chi connectivity index (χ1) is 7.93. The zero-order valence-corrected chi connectivity index (χ0v) is 10.2. The molecule has 0 spiro atoms. The first-order valence-corrected chi connectivity index (χ1v) is 5.65.